The molecule has 6 nitrogen and oxygen atoms in total. The third-order valence-corrected chi connectivity index (χ3v) is 4.37. The summed E-state index contributed by atoms with van der Waals surface area (Å²) < 4.78 is 5.16. The van der Waals surface area contributed by atoms with Gasteiger partial charge in [-0.2, -0.15) is 0 Å². The molecular weight excluding hydrogens is 366 g/mol. The van der Waals surface area contributed by atoms with Gasteiger partial charge in [0, 0.05) is 17.4 Å². The number of carbonyl (C=O) groups excluding carboxylic acids is 2. The quantitative estimate of drug-likeness (QED) is 0.639. The summed E-state index contributed by atoms with van der Waals surface area (Å²) in [4.78, 5) is 29.5. The van der Waals surface area contributed by atoms with Crippen molar-refractivity contribution in [2.24, 2.45) is 0 Å². The monoisotopic (exact) mass is 389 g/mol. The molecule has 148 valence electrons. The van der Waals surface area contributed by atoms with Crippen LogP contribution in [0.3, 0.4) is 0 Å². The molecule has 2 N–H and O–H groups in total. The molecule has 1 heterocycles. The lowest BCUT2D eigenvalue weighted by molar-refractivity contribution is 0.101. The van der Waals surface area contributed by atoms with Crippen LogP contribution < -0.4 is 15.4 Å². The second-order valence-electron chi connectivity index (χ2n) is 6.79. The number of nitrogens with zero attached hydrogens (tertiary/aromatic N) is 1. The topological polar surface area (TPSA) is 80.3 Å². The fraction of sp³-hybridized carbons (Fsp3) is 0.174. The zero-order valence-corrected chi connectivity index (χ0v) is 16.6. The first kappa shape index (κ1) is 20.1. The molecule has 0 unspecified atom stereocenters. The van der Waals surface area contributed by atoms with E-state index in [1.54, 1.807) is 49.6 Å². The predicted molar refractivity (Wildman–Crippen MR) is 114 cm³/mol. The van der Waals surface area contributed by atoms with E-state index in [0.717, 1.165) is 11.3 Å². The fourth-order valence-corrected chi connectivity index (χ4v) is 2.88. The van der Waals surface area contributed by atoms with E-state index in [0.29, 0.717) is 11.4 Å². The molecule has 0 radical (unpaired) electrons. The number of nitrogens with one attached hydrogen (secondary N) is 2. The third kappa shape index (κ3) is 4.99. The van der Waals surface area contributed by atoms with Crippen molar-refractivity contribution in [2.45, 2.75) is 19.8 Å². The summed E-state index contributed by atoms with van der Waals surface area (Å²) in [6.07, 6.45) is 0. The lowest BCUT2D eigenvalue weighted by Crippen LogP contribution is -2.19. The summed E-state index contributed by atoms with van der Waals surface area (Å²) in [5.74, 6) is 0.122. The lowest BCUT2D eigenvalue weighted by atomic mass is 10.0. The standard InChI is InChI=1S/C23H23N3O3/c1-15(2)18-10-4-5-11-19(18)26-23(28)21-13-7-12-20(25-21)22(27)24-16-8-6-9-17(14-16)29-3/h4-15H,1-3H3,(H,24,27)(H,26,28). The summed E-state index contributed by atoms with van der Waals surface area (Å²) in [5.41, 5.74) is 2.67. The number of ether oxygens (including phenoxy) is 1. The molecule has 6 heteroatoms. The van der Waals surface area contributed by atoms with Gasteiger partial charge in [0.2, 0.25) is 0 Å². The Morgan fingerprint density at radius 2 is 1.52 bits per heavy atom. The smallest absolute Gasteiger partial charge is 0.274 e. The number of pyridine rings is 1. The van der Waals surface area contributed by atoms with E-state index in [9.17, 15) is 9.59 Å². The largest absolute Gasteiger partial charge is 0.497 e. The van der Waals surface area contributed by atoms with Gasteiger partial charge < -0.3 is 15.4 Å². The highest BCUT2D eigenvalue weighted by Crippen LogP contribution is 2.24. The maximum absolute atomic E-state index is 12.7. The average molecular weight is 389 g/mol. The van der Waals surface area contributed by atoms with E-state index < -0.39 is 5.91 Å². The van der Waals surface area contributed by atoms with Gasteiger partial charge in [-0.15, -0.1) is 0 Å². The van der Waals surface area contributed by atoms with Crippen LogP contribution in [-0.4, -0.2) is 23.9 Å². The molecule has 3 aromatic rings. The number of hydrogen-bond donors (Lipinski definition) is 2. The minimum atomic E-state index is -0.407. The van der Waals surface area contributed by atoms with Gasteiger partial charge in [-0.3, -0.25) is 9.59 Å². The van der Waals surface area contributed by atoms with E-state index in [-0.39, 0.29) is 23.2 Å². The van der Waals surface area contributed by atoms with Crippen molar-refractivity contribution in [3.8, 4) is 5.75 Å². The van der Waals surface area contributed by atoms with Crippen molar-refractivity contribution >= 4 is 23.2 Å². The highest BCUT2D eigenvalue weighted by atomic mass is 16.5. The highest BCUT2D eigenvalue weighted by Gasteiger charge is 2.15. The first-order chi connectivity index (χ1) is 14.0. The number of methoxy groups -OCH3 is 1. The second kappa shape index (κ2) is 9.01. The second-order valence-corrected chi connectivity index (χ2v) is 6.79. The fourth-order valence-electron chi connectivity index (χ4n) is 2.88. The average Bonchev–Trinajstić information content (AvgIpc) is 2.74. The van der Waals surface area contributed by atoms with Crippen LogP contribution in [0.25, 0.3) is 0 Å². The van der Waals surface area contributed by atoms with Crippen molar-refractivity contribution in [1.82, 2.24) is 4.98 Å². The molecule has 0 aliphatic rings. The van der Waals surface area contributed by atoms with Crippen LogP contribution in [0.2, 0.25) is 0 Å². The summed E-state index contributed by atoms with van der Waals surface area (Å²) in [6, 6.07) is 19.4. The molecule has 29 heavy (non-hydrogen) atoms. The molecule has 1 aromatic heterocycles. The van der Waals surface area contributed by atoms with Crippen LogP contribution in [0, 0.1) is 0 Å². The maximum atomic E-state index is 12.7. The van der Waals surface area contributed by atoms with Gasteiger partial charge in [-0.05, 0) is 41.8 Å². The van der Waals surface area contributed by atoms with Crippen molar-refractivity contribution in [3.63, 3.8) is 0 Å². The van der Waals surface area contributed by atoms with Gasteiger partial charge in [0.05, 0.1) is 7.11 Å². The summed E-state index contributed by atoms with van der Waals surface area (Å²) in [5, 5.41) is 5.65. The van der Waals surface area contributed by atoms with Gasteiger partial charge in [0.1, 0.15) is 17.1 Å². The van der Waals surface area contributed by atoms with E-state index >= 15 is 0 Å². The number of hydrogen-bond acceptors (Lipinski definition) is 4. The molecule has 0 spiro atoms. The minimum absolute atomic E-state index is 0.151. The van der Waals surface area contributed by atoms with Crippen LogP contribution in [-0.2, 0) is 0 Å². The third-order valence-electron chi connectivity index (χ3n) is 4.37. The first-order valence-corrected chi connectivity index (χ1v) is 9.30. The number of rotatable bonds is 6. The van der Waals surface area contributed by atoms with Crippen molar-refractivity contribution < 1.29 is 14.3 Å². The Balaban J connectivity index is 1.76. The highest BCUT2D eigenvalue weighted by molar-refractivity contribution is 6.06. The SMILES string of the molecule is COc1cccc(NC(=O)c2cccc(C(=O)Nc3ccccc3C(C)C)n2)c1. The zero-order chi connectivity index (χ0) is 20.8. The number of amides is 2. The summed E-state index contributed by atoms with van der Waals surface area (Å²) in [6.45, 7) is 4.12. The molecular formula is C23H23N3O3. The molecule has 2 amide bonds. The number of carbonyl (C=O) groups is 2. The number of benzene rings is 2. The predicted octanol–water partition coefficient (Wildman–Crippen LogP) is 4.72. The minimum Gasteiger partial charge on any atom is -0.497 e. The molecule has 0 saturated heterocycles. The van der Waals surface area contributed by atoms with Crippen LogP contribution in [0.5, 0.6) is 5.75 Å². The summed E-state index contributed by atoms with van der Waals surface area (Å²) in [7, 11) is 1.56. The lowest BCUT2D eigenvalue weighted by Gasteiger charge is -2.13. The molecule has 0 bridgehead atoms. The molecule has 3 rings (SSSR count). The van der Waals surface area contributed by atoms with Crippen molar-refractivity contribution in [3.05, 3.63) is 83.7 Å². The number of anilines is 2. The normalized spacial score (nSPS) is 10.5. The first-order valence-electron chi connectivity index (χ1n) is 9.30. The Hall–Kier alpha value is -3.67. The molecule has 2 aromatic carbocycles. The Labute approximate surface area is 169 Å². The zero-order valence-electron chi connectivity index (χ0n) is 16.6. The van der Waals surface area contributed by atoms with Crippen LogP contribution in [0.15, 0.2) is 66.7 Å². The van der Waals surface area contributed by atoms with Crippen LogP contribution in [0.4, 0.5) is 11.4 Å². The van der Waals surface area contributed by atoms with Crippen molar-refractivity contribution in [1.29, 1.82) is 0 Å². The van der Waals surface area contributed by atoms with Gasteiger partial charge in [0.25, 0.3) is 11.8 Å². The van der Waals surface area contributed by atoms with Gasteiger partial charge in [-0.1, -0.05) is 44.2 Å². The molecule has 0 fully saturated rings. The number of aromatic nitrogens is 1. The Bertz CT molecular complexity index is 1030. The van der Waals surface area contributed by atoms with E-state index in [1.165, 1.54) is 0 Å². The molecule has 0 saturated carbocycles. The van der Waals surface area contributed by atoms with Gasteiger partial charge in [0.15, 0.2) is 0 Å². The van der Waals surface area contributed by atoms with Gasteiger partial charge >= 0.3 is 0 Å². The Morgan fingerprint density at radius 1 is 0.862 bits per heavy atom. The molecule has 0 aliphatic carbocycles. The van der Waals surface area contributed by atoms with E-state index in [2.05, 4.69) is 29.5 Å². The molecule has 0 aliphatic heterocycles. The van der Waals surface area contributed by atoms with Crippen LogP contribution in [0.1, 0.15) is 46.3 Å². The van der Waals surface area contributed by atoms with Crippen LogP contribution >= 0.6 is 0 Å². The summed E-state index contributed by atoms with van der Waals surface area (Å²) >= 11 is 0. The van der Waals surface area contributed by atoms with E-state index in [1.807, 2.05) is 24.3 Å². The molecule has 0 atom stereocenters. The number of para-hydroxylation sites is 1. The van der Waals surface area contributed by atoms with Crippen molar-refractivity contribution in [2.75, 3.05) is 17.7 Å². The maximum Gasteiger partial charge on any atom is 0.274 e. The van der Waals surface area contributed by atoms with Gasteiger partial charge in [-0.25, -0.2) is 4.98 Å². The Kier molecular flexibility index (Phi) is 6.24. The Morgan fingerprint density at radius 3 is 2.21 bits per heavy atom. The van der Waals surface area contributed by atoms with E-state index in [4.69, 9.17) is 4.74 Å².